The Balaban J connectivity index is 1.77. The molecule has 1 saturated heterocycles. The standard InChI is InChI=1S/C21H26F3N3O5/c1-4-6-15-17(8-7-14-16(21(22,23)24)11-19(29)32-20(14)15)31-10-5-9-25-18(28)12-26(13(2)3)27(25)30/h7-8,11,13,30H,4-6,9-10,12H2,1-3H3. The van der Waals surface area contributed by atoms with Gasteiger partial charge in [0.15, 0.2) is 0 Å². The van der Waals surface area contributed by atoms with Gasteiger partial charge in [-0.3, -0.25) is 10.0 Å². The number of alkyl halides is 3. The van der Waals surface area contributed by atoms with Crippen LogP contribution >= 0.6 is 0 Å². The predicted octanol–water partition coefficient (Wildman–Crippen LogP) is 3.61. The van der Waals surface area contributed by atoms with Crippen molar-refractivity contribution in [1.82, 2.24) is 15.3 Å². The van der Waals surface area contributed by atoms with Crippen LogP contribution in [0.25, 0.3) is 11.0 Å². The zero-order valence-electron chi connectivity index (χ0n) is 18.1. The summed E-state index contributed by atoms with van der Waals surface area (Å²) in [6, 6.07) is 3.06. The summed E-state index contributed by atoms with van der Waals surface area (Å²) in [6.07, 6.45) is -3.37. The molecule has 0 saturated carbocycles. The molecule has 1 aromatic heterocycles. The van der Waals surface area contributed by atoms with Crippen molar-refractivity contribution in [1.29, 1.82) is 0 Å². The number of amides is 1. The van der Waals surface area contributed by atoms with Crippen molar-refractivity contribution in [3.8, 4) is 5.75 Å². The quantitative estimate of drug-likeness (QED) is 0.479. The van der Waals surface area contributed by atoms with Crippen molar-refractivity contribution >= 4 is 16.9 Å². The first kappa shape index (κ1) is 24.0. The number of carbonyl (C=O) groups excluding carboxylic acids is 1. The SMILES string of the molecule is CCCc1c(OCCCN2C(=O)CN(C(C)C)N2O)ccc2c(C(F)(F)F)cc(=O)oc12. The predicted molar refractivity (Wildman–Crippen MR) is 109 cm³/mol. The van der Waals surface area contributed by atoms with Gasteiger partial charge in [-0.2, -0.15) is 18.2 Å². The highest BCUT2D eigenvalue weighted by atomic mass is 19.4. The first-order valence-corrected chi connectivity index (χ1v) is 10.4. The maximum absolute atomic E-state index is 13.4. The smallest absolute Gasteiger partial charge is 0.417 e. The third-order valence-electron chi connectivity index (χ3n) is 5.18. The number of aryl methyl sites for hydroxylation is 1. The molecule has 1 N–H and O–H groups in total. The molecule has 11 heteroatoms. The Hall–Kier alpha value is -2.63. The number of halogens is 3. The minimum Gasteiger partial charge on any atom is -0.493 e. The van der Waals surface area contributed by atoms with Crippen molar-refractivity contribution in [2.75, 3.05) is 19.7 Å². The molecule has 1 aliphatic rings. The molecule has 0 spiro atoms. The second-order valence-corrected chi connectivity index (χ2v) is 7.82. The van der Waals surface area contributed by atoms with Crippen LogP contribution < -0.4 is 10.4 Å². The Bertz CT molecular complexity index is 1040. The van der Waals surface area contributed by atoms with E-state index >= 15 is 0 Å². The van der Waals surface area contributed by atoms with Crippen LogP contribution in [0.15, 0.2) is 27.4 Å². The Morgan fingerprint density at radius 1 is 1.25 bits per heavy atom. The number of nitrogens with zero attached hydrogens (tertiary/aromatic N) is 3. The lowest BCUT2D eigenvalue weighted by Crippen LogP contribution is -2.46. The van der Waals surface area contributed by atoms with Gasteiger partial charge in [0.1, 0.15) is 11.3 Å². The van der Waals surface area contributed by atoms with Gasteiger partial charge in [0.2, 0.25) is 0 Å². The maximum Gasteiger partial charge on any atom is 0.417 e. The first-order chi connectivity index (χ1) is 15.0. The van der Waals surface area contributed by atoms with E-state index in [9.17, 15) is 28.0 Å². The summed E-state index contributed by atoms with van der Waals surface area (Å²) in [7, 11) is 0. The topological polar surface area (TPSA) is 86.5 Å². The number of hydrogen-bond donors (Lipinski definition) is 1. The van der Waals surface area contributed by atoms with Gasteiger partial charge in [0.25, 0.3) is 5.91 Å². The number of fused-ring (bicyclic) bond motifs is 1. The fourth-order valence-corrected chi connectivity index (χ4v) is 3.64. The highest BCUT2D eigenvalue weighted by Gasteiger charge is 2.36. The van der Waals surface area contributed by atoms with Gasteiger partial charge < -0.3 is 9.15 Å². The highest BCUT2D eigenvalue weighted by molar-refractivity contribution is 5.85. The summed E-state index contributed by atoms with van der Waals surface area (Å²) in [5.74, 6) is 0.0688. The van der Waals surface area contributed by atoms with E-state index in [-0.39, 0.29) is 42.6 Å². The summed E-state index contributed by atoms with van der Waals surface area (Å²) in [4.78, 5) is 23.9. The second-order valence-electron chi connectivity index (χ2n) is 7.82. The number of ether oxygens (including phenoxy) is 1. The Morgan fingerprint density at radius 3 is 2.56 bits per heavy atom. The molecule has 1 amide bonds. The second kappa shape index (κ2) is 9.47. The van der Waals surface area contributed by atoms with Crippen molar-refractivity contribution < 1.29 is 32.3 Å². The van der Waals surface area contributed by atoms with Gasteiger partial charge in [0.05, 0.1) is 18.7 Å². The summed E-state index contributed by atoms with van der Waals surface area (Å²) < 4.78 is 51.1. The van der Waals surface area contributed by atoms with Gasteiger partial charge in [-0.1, -0.05) is 13.3 Å². The summed E-state index contributed by atoms with van der Waals surface area (Å²) in [5.41, 5.74) is -1.87. The van der Waals surface area contributed by atoms with Crippen LogP contribution in [0, 0.1) is 0 Å². The highest BCUT2D eigenvalue weighted by Crippen LogP contribution is 2.37. The molecule has 2 heterocycles. The monoisotopic (exact) mass is 457 g/mol. The van der Waals surface area contributed by atoms with Gasteiger partial charge in [0, 0.05) is 36.0 Å². The number of carbonyl (C=O) groups is 1. The van der Waals surface area contributed by atoms with Crippen molar-refractivity contribution in [3.63, 3.8) is 0 Å². The molecule has 1 aliphatic heterocycles. The molecule has 1 aromatic carbocycles. The normalized spacial score (nSPS) is 16.0. The van der Waals surface area contributed by atoms with E-state index in [0.29, 0.717) is 36.6 Å². The van der Waals surface area contributed by atoms with E-state index in [1.165, 1.54) is 22.2 Å². The third kappa shape index (κ3) is 4.89. The molecule has 0 unspecified atom stereocenters. The van der Waals surface area contributed by atoms with Crippen molar-refractivity contribution in [3.05, 3.63) is 39.7 Å². The first-order valence-electron chi connectivity index (χ1n) is 10.4. The van der Waals surface area contributed by atoms with E-state index in [1.54, 1.807) is 0 Å². The van der Waals surface area contributed by atoms with E-state index in [4.69, 9.17) is 9.15 Å². The molecule has 176 valence electrons. The lowest BCUT2D eigenvalue weighted by molar-refractivity contribution is -0.328. The third-order valence-corrected chi connectivity index (χ3v) is 5.18. The lowest BCUT2D eigenvalue weighted by Gasteiger charge is -2.29. The van der Waals surface area contributed by atoms with Crippen LogP contribution in [0.1, 0.15) is 44.7 Å². The average molecular weight is 457 g/mol. The van der Waals surface area contributed by atoms with Crippen LogP contribution in [0.5, 0.6) is 5.75 Å². The maximum atomic E-state index is 13.4. The fourth-order valence-electron chi connectivity index (χ4n) is 3.64. The van der Waals surface area contributed by atoms with Gasteiger partial charge in [-0.15, -0.1) is 0 Å². The molecule has 0 bridgehead atoms. The molecular formula is C21H26F3N3O5. The molecular weight excluding hydrogens is 431 g/mol. The minimum atomic E-state index is -4.69. The van der Waals surface area contributed by atoms with Crippen LogP contribution in [0.4, 0.5) is 13.2 Å². The van der Waals surface area contributed by atoms with E-state index < -0.39 is 17.4 Å². The number of rotatable bonds is 8. The van der Waals surface area contributed by atoms with Crippen LogP contribution in [0.3, 0.4) is 0 Å². The molecule has 2 aromatic rings. The molecule has 1 fully saturated rings. The zero-order chi connectivity index (χ0) is 23.6. The Kier molecular flexibility index (Phi) is 7.11. The van der Waals surface area contributed by atoms with E-state index in [1.807, 2.05) is 20.8 Å². The average Bonchev–Trinajstić information content (AvgIpc) is 2.99. The van der Waals surface area contributed by atoms with Crippen LogP contribution in [0.2, 0.25) is 0 Å². The molecule has 8 nitrogen and oxygen atoms in total. The zero-order valence-corrected chi connectivity index (χ0v) is 18.1. The molecule has 3 rings (SSSR count). The molecule has 0 atom stereocenters. The van der Waals surface area contributed by atoms with E-state index in [0.717, 1.165) is 5.28 Å². The number of benzene rings is 1. The van der Waals surface area contributed by atoms with Gasteiger partial charge in [-0.05, 0) is 37.7 Å². The number of hydrazine groups is 2. The Morgan fingerprint density at radius 2 is 1.97 bits per heavy atom. The largest absolute Gasteiger partial charge is 0.493 e. The molecule has 0 radical (unpaired) electrons. The van der Waals surface area contributed by atoms with Crippen LogP contribution in [-0.2, 0) is 17.4 Å². The van der Waals surface area contributed by atoms with Crippen molar-refractivity contribution in [2.24, 2.45) is 0 Å². The minimum absolute atomic E-state index is 0.0596. The summed E-state index contributed by atoms with van der Waals surface area (Å²) in [5, 5.41) is 13.5. The van der Waals surface area contributed by atoms with Gasteiger partial charge in [-0.25, -0.2) is 9.80 Å². The summed E-state index contributed by atoms with van der Waals surface area (Å²) in [6.45, 7) is 5.96. The summed E-state index contributed by atoms with van der Waals surface area (Å²) >= 11 is 0. The number of hydrogen-bond acceptors (Lipinski definition) is 7. The van der Waals surface area contributed by atoms with Gasteiger partial charge >= 0.3 is 11.8 Å². The van der Waals surface area contributed by atoms with E-state index in [2.05, 4.69) is 0 Å². The Labute approximate surface area is 182 Å². The molecule has 0 aliphatic carbocycles. The van der Waals surface area contributed by atoms with Crippen molar-refractivity contribution in [2.45, 2.75) is 52.3 Å². The van der Waals surface area contributed by atoms with Crippen LogP contribution in [-0.4, -0.2) is 52.2 Å². The lowest BCUT2D eigenvalue weighted by atomic mass is 10.0. The fraction of sp³-hybridized carbons (Fsp3) is 0.524. The molecule has 32 heavy (non-hydrogen) atoms.